The van der Waals surface area contributed by atoms with Crippen molar-refractivity contribution in [1.82, 2.24) is 4.90 Å². The first-order chi connectivity index (χ1) is 9.81. The van der Waals surface area contributed by atoms with Gasteiger partial charge in [-0.05, 0) is 18.9 Å². The number of halogens is 1. The summed E-state index contributed by atoms with van der Waals surface area (Å²) in [4.78, 5) is 14.9. The Labute approximate surface area is 128 Å². The van der Waals surface area contributed by atoms with Crippen molar-refractivity contribution in [2.45, 2.75) is 31.7 Å². The summed E-state index contributed by atoms with van der Waals surface area (Å²) in [7, 11) is 0. The fourth-order valence-electron chi connectivity index (χ4n) is 2.90. The van der Waals surface area contributed by atoms with E-state index < -0.39 is 0 Å². The van der Waals surface area contributed by atoms with Gasteiger partial charge in [0.2, 0.25) is 0 Å². The minimum atomic E-state index is 0.148. The van der Waals surface area contributed by atoms with Crippen LogP contribution in [0.3, 0.4) is 0 Å². The third-order valence-corrected chi connectivity index (χ3v) is 5.35. The Bertz CT molecular complexity index is 609. The van der Waals surface area contributed by atoms with Gasteiger partial charge in [0.1, 0.15) is 0 Å². The molecule has 1 aliphatic heterocycles. The maximum absolute atomic E-state index is 12.9. The Hall–Kier alpha value is -1.06. The van der Waals surface area contributed by atoms with Crippen molar-refractivity contribution in [2.24, 2.45) is 0 Å². The molecule has 0 spiro atoms. The van der Waals surface area contributed by atoms with Crippen molar-refractivity contribution < 1.29 is 4.79 Å². The van der Waals surface area contributed by atoms with Gasteiger partial charge in [-0.3, -0.25) is 4.79 Å². The molecule has 1 amide bonds. The summed E-state index contributed by atoms with van der Waals surface area (Å²) in [6.07, 6.45) is 4.48. The monoisotopic (exact) mass is 307 g/mol. The second kappa shape index (κ2) is 6.15. The van der Waals surface area contributed by atoms with E-state index in [0.717, 1.165) is 30.3 Å². The van der Waals surface area contributed by atoms with Gasteiger partial charge in [-0.15, -0.1) is 22.9 Å². The number of hydrogen-bond acceptors (Lipinski definition) is 2. The van der Waals surface area contributed by atoms with E-state index in [1.807, 2.05) is 28.5 Å². The minimum Gasteiger partial charge on any atom is -0.334 e. The minimum absolute atomic E-state index is 0.148. The number of alkyl halides is 1. The van der Waals surface area contributed by atoms with Crippen LogP contribution in [-0.4, -0.2) is 29.3 Å². The first-order valence-electron chi connectivity index (χ1n) is 7.14. The number of likely N-dealkylation sites (tertiary alicyclic amines) is 1. The first-order valence-corrected chi connectivity index (χ1v) is 8.56. The molecule has 4 heteroatoms. The lowest BCUT2D eigenvalue weighted by molar-refractivity contribution is 0.0703. The molecule has 1 saturated heterocycles. The number of carbonyl (C=O) groups excluding carboxylic acids is 1. The van der Waals surface area contributed by atoms with Gasteiger partial charge >= 0.3 is 0 Å². The molecule has 1 aliphatic rings. The van der Waals surface area contributed by atoms with E-state index in [1.54, 1.807) is 11.3 Å². The van der Waals surface area contributed by atoms with Crippen molar-refractivity contribution in [2.75, 3.05) is 12.4 Å². The number of nitrogens with zero attached hydrogens (tertiary/aromatic N) is 1. The summed E-state index contributed by atoms with van der Waals surface area (Å²) < 4.78 is 1.17. The number of thiophene rings is 1. The fourth-order valence-corrected chi connectivity index (χ4v) is 4.16. The number of hydrogen-bond donors (Lipinski definition) is 0. The standard InChI is InChI=1S/C16H18ClNOS/c17-10-12-6-2-1-5-9-18(12)16(19)14-11-20-15-8-4-3-7-13(14)15/h3-4,7-8,11-12H,1-2,5-6,9-10H2. The van der Waals surface area contributed by atoms with E-state index in [1.165, 1.54) is 17.5 Å². The molecule has 1 atom stereocenters. The van der Waals surface area contributed by atoms with Gasteiger partial charge in [0.15, 0.2) is 0 Å². The highest BCUT2D eigenvalue weighted by molar-refractivity contribution is 7.17. The van der Waals surface area contributed by atoms with Gasteiger partial charge in [0, 0.05) is 33.9 Å². The van der Waals surface area contributed by atoms with Crippen molar-refractivity contribution in [3.05, 3.63) is 35.2 Å². The van der Waals surface area contributed by atoms with Crippen molar-refractivity contribution in [3.8, 4) is 0 Å². The average molecular weight is 308 g/mol. The van der Waals surface area contributed by atoms with E-state index in [-0.39, 0.29) is 11.9 Å². The summed E-state index contributed by atoms with van der Waals surface area (Å²) >= 11 is 7.72. The topological polar surface area (TPSA) is 20.3 Å². The van der Waals surface area contributed by atoms with Crippen molar-refractivity contribution in [3.63, 3.8) is 0 Å². The molecular formula is C16H18ClNOS. The molecule has 0 bridgehead atoms. The molecule has 20 heavy (non-hydrogen) atoms. The summed E-state index contributed by atoms with van der Waals surface area (Å²) in [5.74, 6) is 0.684. The van der Waals surface area contributed by atoms with Crippen molar-refractivity contribution >= 4 is 38.9 Å². The lowest BCUT2D eigenvalue weighted by Crippen LogP contribution is -2.41. The molecule has 2 nitrogen and oxygen atoms in total. The fraction of sp³-hybridized carbons (Fsp3) is 0.438. The smallest absolute Gasteiger partial charge is 0.255 e. The van der Waals surface area contributed by atoms with Crippen LogP contribution in [0.25, 0.3) is 10.1 Å². The largest absolute Gasteiger partial charge is 0.334 e. The van der Waals surface area contributed by atoms with Gasteiger partial charge < -0.3 is 4.90 Å². The predicted molar refractivity (Wildman–Crippen MR) is 85.8 cm³/mol. The van der Waals surface area contributed by atoms with Crippen LogP contribution >= 0.6 is 22.9 Å². The Balaban J connectivity index is 1.94. The summed E-state index contributed by atoms with van der Waals surface area (Å²) in [5, 5.41) is 3.06. The van der Waals surface area contributed by atoms with Crippen LogP contribution in [0.2, 0.25) is 0 Å². The molecule has 2 heterocycles. The SMILES string of the molecule is O=C(c1csc2ccccc12)N1CCCCCC1CCl. The molecule has 1 aromatic carbocycles. The maximum atomic E-state index is 12.9. The molecule has 1 aromatic heterocycles. The molecule has 1 unspecified atom stereocenters. The van der Waals surface area contributed by atoms with Gasteiger partial charge in [-0.2, -0.15) is 0 Å². The Morgan fingerprint density at radius 3 is 3.00 bits per heavy atom. The molecule has 1 fully saturated rings. The second-order valence-corrected chi connectivity index (χ2v) is 6.52. The second-order valence-electron chi connectivity index (χ2n) is 5.30. The summed E-state index contributed by atoms with van der Waals surface area (Å²) in [6, 6.07) is 8.30. The highest BCUT2D eigenvalue weighted by atomic mass is 35.5. The van der Waals surface area contributed by atoms with Crippen LogP contribution in [0, 0.1) is 0 Å². The molecular weight excluding hydrogens is 290 g/mol. The van der Waals surface area contributed by atoms with Crippen LogP contribution in [0.15, 0.2) is 29.6 Å². The third-order valence-electron chi connectivity index (χ3n) is 4.03. The third kappa shape index (κ3) is 2.57. The quantitative estimate of drug-likeness (QED) is 0.747. The zero-order chi connectivity index (χ0) is 13.9. The highest BCUT2D eigenvalue weighted by Gasteiger charge is 2.27. The molecule has 0 saturated carbocycles. The Morgan fingerprint density at radius 2 is 2.15 bits per heavy atom. The van der Waals surface area contributed by atoms with Crippen LogP contribution in [0.4, 0.5) is 0 Å². The molecule has 0 aliphatic carbocycles. The van der Waals surface area contributed by atoms with E-state index in [9.17, 15) is 4.79 Å². The predicted octanol–water partition coefficient (Wildman–Crippen LogP) is 4.52. The maximum Gasteiger partial charge on any atom is 0.255 e. The molecule has 0 N–H and O–H groups in total. The Morgan fingerprint density at radius 1 is 1.30 bits per heavy atom. The van der Waals surface area contributed by atoms with Crippen LogP contribution in [0.5, 0.6) is 0 Å². The number of rotatable bonds is 2. The highest BCUT2D eigenvalue weighted by Crippen LogP contribution is 2.28. The molecule has 106 valence electrons. The normalized spacial score (nSPS) is 20.1. The van der Waals surface area contributed by atoms with Crippen LogP contribution in [0.1, 0.15) is 36.0 Å². The number of amides is 1. The van der Waals surface area contributed by atoms with Gasteiger partial charge in [0.25, 0.3) is 5.91 Å². The Kier molecular flexibility index (Phi) is 4.27. The zero-order valence-corrected chi connectivity index (χ0v) is 12.9. The van der Waals surface area contributed by atoms with E-state index in [4.69, 9.17) is 11.6 Å². The van der Waals surface area contributed by atoms with Gasteiger partial charge in [-0.25, -0.2) is 0 Å². The zero-order valence-electron chi connectivity index (χ0n) is 11.3. The lowest BCUT2D eigenvalue weighted by Gasteiger charge is -2.28. The molecule has 0 radical (unpaired) electrons. The molecule has 2 aromatic rings. The first kappa shape index (κ1) is 13.9. The van der Waals surface area contributed by atoms with E-state index in [0.29, 0.717) is 5.88 Å². The van der Waals surface area contributed by atoms with E-state index in [2.05, 4.69) is 6.07 Å². The van der Waals surface area contributed by atoms with Crippen LogP contribution in [-0.2, 0) is 0 Å². The number of fused-ring (bicyclic) bond motifs is 1. The average Bonchev–Trinajstić information content (AvgIpc) is 2.76. The number of carbonyl (C=O) groups is 1. The van der Waals surface area contributed by atoms with Gasteiger partial charge in [-0.1, -0.05) is 31.0 Å². The summed E-state index contributed by atoms with van der Waals surface area (Å²) in [5.41, 5.74) is 0.836. The summed E-state index contributed by atoms with van der Waals surface area (Å²) in [6.45, 7) is 0.834. The number of benzene rings is 1. The van der Waals surface area contributed by atoms with Crippen LogP contribution < -0.4 is 0 Å². The lowest BCUT2D eigenvalue weighted by atomic mass is 10.1. The molecule has 3 rings (SSSR count). The van der Waals surface area contributed by atoms with Crippen molar-refractivity contribution in [1.29, 1.82) is 0 Å². The van der Waals surface area contributed by atoms with Gasteiger partial charge in [0.05, 0.1) is 5.56 Å². The van der Waals surface area contributed by atoms with E-state index >= 15 is 0 Å².